The lowest BCUT2D eigenvalue weighted by Crippen LogP contribution is -2.41. The average Bonchev–Trinajstić information content (AvgIpc) is 2.39. The highest BCUT2D eigenvalue weighted by Crippen LogP contribution is 2.43. The van der Waals surface area contributed by atoms with E-state index in [1.54, 1.807) is 18.3 Å². The van der Waals surface area contributed by atoms with Gasteiger partial charge >= 0.3 is 0 Å². The number of hydrogen-bond acceptors (Lipinski definition) is 4. The Labute approximate surface area is 121 Å². The number of anilines is 1. The van der Waals surface area contributed by atoms with E-state index >= 15 is 0 Å². The molecule has 2 rings (SSSR count). The van der Waals surface area contributed by atoms with Crippen LogP contribution in [-0.4, -0.2) is 26.5 Å². The number of pyridine rings is 1. The van der Waals surface area contributed by atoms with Crippen LogP contribution in [0.3, 0.4) is 0 Å². The molecular weight excluding hydrogens is 274 g/mol. The van der Waals surface area contributed by atoms with Gasteiger partial charge in [-0.05, 0) is 43.7 Å². The normalized spacial score (nSPS) is 17.5. The summed E-state index contributed by atoms with van der Waals surface area (Å²) in [7, 11) is -3.51. The molecule has 0 atom stereocenters. The number of nitrogens with zero attached hydrogens (tertiary/aromatic N) is 1. The van der Waals surface area contributed by atoms with Gasteiger partial charge in [-0.2, -0.15) is 0 Å². The molecule has 1 aromatic heterocycles. The van der Waals surface area contributed by atoms with E-state index in [9.17, 15) is 8.42 Å². The average molecular weight is 297 g/mol. The van der Waals surface area contributed by atoms with Crippen molar-refractivity contribution >= 4 is 15.8 Å². The molecule has 112 valence electrons. The van der Waals surface area contributed by atoms with Crippen LogP contribution >= 0.6 is 0 Å². The summed E-state index contributed by atoms with van der Waals surface area (Å²) in [6, 6.07) is 3.24. The Morgan fingerprint density at radius 3 is 2.65 bits per heavy atom. The van der Waals surface area contributed by atoms with Crippen molar-refractivity contribution in [1.82, 2.24) is 9.71 Å². The van der Waals surface area contributed by atoms with E-state index in [1.807, 2.05) is 6.92 Å². The number of sulfonamides is 1. The second-order valence-electron chi connectivity index (χ2n) is 5.41. The highest BCUT2D eigenvalue weighted by Gasteiger charge is 2.36. The molecule has 20 heavy (non-hydrogen) atoms. The van der Waals surface area contributed by atoms with Crippen LogP contribution in [0.15, 0.2) is 23.2 Å². The molecular formula is C14H23N3O2S. The summed E-state index contributed by atoms with van der Waals surface area (Å²) in [6.07, 6.45) is 6.03. The Balaban J connectivity index is 2.14. The SMILES string of the molecule is CCNc1ncccc1S(=O)(=O)NCC1(CC)CCC1. The van der Waals surface area contributed by atoms with E-state index in [-0.39, 0.29) is 10.3 Å². The lowest BCUT2D eigenvalue weighted by molar-refractivity contribution is 0.133. The molecule has 6 heteroatoms. The quantitative estimate of drug-likeness (QED) is 0.810. The van der Waals surface area contributed by atoms with Crippen LogP contribution in [0.4, 0.5) is 5.82 Å². The summed E-state index contributed by atoms with van der Waals surface area (Å²) >= 11 is 0. The van der Waals surface area contributed by atoms with Crippen molar-refractivity contribution in [3.8, 4) is 0 Å². The van der Waals surface area contributed by atoms with Crippen molar-refractivity contribution in [3.05, 3.63) is 18.3 Å². The predicted octanol–water partition coefficient (Wildman–Crippen LogP) is 2.37. The molecule has 0 spiro atoms. The van der Waals surface area contributed by atoms with Gasteiger partial charge in [-0.3, -0.25) is 0 Å². The first-order valence-electron chi connectivity index (χ1n) is 7.21. The number of rotatable bonds is 7. The first-order chi connectivity index (χ1) is 9.53. The van der Waals surface area contributed by atoms with Crippen molar-refractivity contribution < 1.29 is 8.42 Å². The van der Waals surface area contributed by atoms with E-state index in [0.717, 1.165) is 19.3 Å². The number of aromatic nitrogens is 1. The minimum atomic E-state index is -3.51. The molecule has 1 aliphatic rings. The van der Waals surface area contributed by atoms with Gasteiger partial charge in [0, 0.05) is 19.3 Å². The Morgan fingerprint density at radius 2 is 2.10 bits per heavy atom. The molecule has 1 aliphatic carbocycles. The molecule has 1 heterocycles. The summed E-state index contributed by atoms with van der Waals surface area (Å²) < 4.78 is 27.6. The zero-order valence-corrected chi connectivity index (χ0v) is 13.0. The van der Waals surface area contributed by atoms with Gasteiger partial charge in [-0.25, -0.2) is 18.1 Å². The molecule has 0 radical (unpaired) electrons. The molecule has 1 aromatic rings. The van der Waals surface area contributed by atoms with Gasteiger partial charge in [0.1, 0.15) is 10.7 Å². The fraction of sp³-hybridized carbons (Fsp3) is 0.643. The second-order valence-corrected chi connectivity index (χ2v) is 7.15. The van der Waals surface area contributed by atoms with Gasteiger partial charge in [0.05, 0.1) is 0 Å². The van der Waals surface area contributed by atoms with Crippen molar-refractivity contribution in [3.63, 3.8) is 0 Å². The molecule has 1 saturated carbocycles. The van der Waals surface area contributed by atoms with E-state index < -0.39 is 10.0 Å². The van der Waals surface area contributed by atoms with Crippen molar-refractivity contribution in [2.75, 3.05) is 18.4 Å². The van der Waals surface area contributed by atoms with Gasteiger partial charge in [0.15, 0.2) is 0 Å². The molecule has 0 saturated heterocycles. The van der Waals surface area contributed by atoms with Crippen molar-refractivity contribution in [1.29, 1.82) is 0 Å². The van der Waals surface area contributed by atoms with Gasteiger partial charge in [-0.1, -0.05) is 13.3 Å². The summed E-state index contributed by atoms with van der Waals surface area (Å²) in [5.41, 5.74) is 0.160. The largest absolute Gasteiger partial charge is 0.369 e. The standard InChI is InChI=1S/C14H23N3O2S/c1-3-14(8-6-9-14)11-17-20(18,19)12-7-5-10-16-13(12)15-4-2/h5,7,10,17H,3-4,6,8-9,11H2,1-2H3,(H,15,16). The minimum Gasteiger partial charge on any atom is -0.369 e. The van der Waals surface area contributed by atoms with Crippen LogP contribution in [0.1, 0.15) is 39.5 Å². The second kappa shape index (κ2) is 6.10. The molecule has 0 amide bonds. The molecule has 5 nitrogen and oxygen atoms in total. The van der Waals surface area contributed by atoms with Crippen molar-refractivity contribution in [2.45, 2.75) is 44.4 Å². The molecule has 1 fully saturated rings. The number of nitrogens with one attached hydrogen (secondary N) is 2. The molecule has 0 aromatic carbocycles. The van der Waals surface area contributed by atoms with E-state index in [2.05, 4.69) is 21.9 Å². The third-order valence-corrected chi connectivity index (χ3v) is 5.64. The highest BCUT2D eigenvalue weighted by molar-refractivity contribution is 7.89. The van der Waals surface area contributed by atoms with Crippen LogP contribution in [-0.2, 0) is 10.0 Å². The number of hydrogen-bond donors (Lipinski definition) is 2. The maximum Gasteiger partial charge on any atom is 0.244 e. The highest BCUT2D eigenvalue weighted by atomic mass is 32.2. The Morgan fingerprint density at radius 1 is 1.35 bits per heavy atom. The maximum absolute atomic E-state index is 12.4. The Kier molecular flexibility index (Phi) is 4.65. The summed E-state index contributed by atoms with van der Waals surface area (Å²) in [4.78, 5) is 4.33. The van der Waals surface area contributed by atoms with Crippen LogP contribution in [0, 0.1) is 5.41 Å². The van der Waals surface area contributed by atoms with Crippen LogP contribution in [0.5, 0.6) is 0 Å². The Hall–Kier alpha value is -1.14. The molecule has 0 unspecified atom stereocenters. The van der Waals surface area contributed by atoms with E-state index in [0.29, 0.717) is 18.9 Å². The topological polar surface area (TPSA) is 71.1 Å². The maximum atomic E-state index is 12.4. The monoisotopic (exact) mass is 297 g/mol. The van der Waals surface area contributed by atoms with E-state index in [4.69, 9.17) is 0 Å². The fourth-order valence-electron chi connectivity index (χ4n) is 2.57. The van der Waals surface area contributed by atoms with Gasteiger partial charge in [0.2, 0.25) is 10.0 Å². The van der Waals surface area contributed by atoms with Crippen molar-refractivity contribution in [2.24, 2.45) is 5.41 Å². The molecule has 0 bridgehead atoms. The summed E-state index contributed by atoms with van der Waals surface area (Å²) in [6.45, 7) is 5.20. The molecule has 0 aliphatic heterocycles. The third-order valence-electron chi connectivity index (χ3n) is 4.21. The van der Waals surface area contributed by atoms with Gasteiger partial charge in [-0.15, -0.1) is 0 Å². The lowest BCUT2D eigenvalue weighted by atomic mass is 9.67. The van der Waals surface area contributed by atoms with E-state index in [1.165, 1.54) is 6.42 Å². The Bertz CT molecular complexity index is 548. The minimum absolute atomic E-state index is 0.160. The smallest absolute Gasteiger partial charge is 0.244 e. The van der Waals surface area contributed by atoms with Crippen LogP contribution in [0.2, 0.25) is 0 Å². The van der Waals surface area contributed by atoms with Gasteiger partial charge in [0.25, 0.3) is 0 Å². The molecule has 2 N–H and O–H groups in total. The zero-order chi connectivity index (χ0) is 14.6. The first kappa shape index (κ1) is 15.3. The zero-order valence-electron chi connectivity index (χ0n) is 12.1. The summed E-state index contributed by atoms with van der Waals surface area (Å²) in [5, 5.41) is 2.99. The fourth-order valence-corrected chi connectivity index (χ4v) is 3.85. The summed E-state index contributed by atoms with van der Waals surface area (Å²) in [5.74, 6) is 0.418. The first-order valence-corrected chi connectivity index (χ1v) is 8.70. The predicted molar refractivity (Wildman–Crippen MR) is 80.2 cm³/mol. The van der Waals surface area contributed by atoms with Crippen LogP contribution in [0.25, 0.3) is 0 Å². The lowest BCUT2D eigenvalue weighted by Gasteiger charge is -2.41. The van der Waals surface area contributed by atoms with Crippen LogP contribution < -0.4 is 10.0 Å². The third kappa shape index (κ3) is 3.12. The van der Waals surface area contributed by atoms with Gasteiger partial charge < -0.3 is 5.32 Å².